The predicted octanol–water partition coefficient (Wildman–Crippen LogP) is 4.24. The molecule has 1 atom stereocenters. The van der Waals surface area contributed by atoms with Crippen LogP contribution in [0.1, 0.15) is 58.3 Å². The van der Waals surface area contributed by atoms with Crippen molar-refractivity contribution in [1.29, 1.82) is 0 Å². The molecule has 0 saturated heterocycles. The molecule has 0 heterocycles. The molecule has 3 heteroatoms. The third-order valence-electron chi connectivity index (χ3n) is 2.88. The van der Waals surface area contributed by atoms with Crippen molar-refractivity contribution in [2.45, 2.75) is 64.4 Å². The van der Waals surface area contributed by atoms with Crippen LogP contribution in [0.15, 0.2) is 36.5 Å². The van der Waals surface area contributed by atoms with E-state index in [0.717, 1.165) is 25.7 Å². The average Bonchev–Trinajstić information content (AvgIpc) is 2.41. The van der Waals surface area contributed by atoms with Gasteiger partial charge in [-0.25, -0.2) is 0 Å². The molecule has 0 aliphatic carbocycles. The van der Waals surface area contributed by atoms with Crippen LogP contribution in [0.2, 0.25) is 0 Å². The first-order valence-corrected chi connectivity index (χ1v) is 7.55. The molecule has 0 aromatic carbocycles. The Morgan fingerprint density at radius 2 is 1.75 bits per heavy atom. The number of carboxylic acids is 1. The van der Waals surface area contributed by atoms with Crippen LogP contribution < -0.4 is 0 Å². The van der Waals surface area contributed by atoms with Crippen molar-refractivity contribution in [3.8, 4) is 0 Å². The predicted molar refractivity (Wildman–Crippen MR) is 83.7 cm³/mol. The standard InChI is InChI=1S/C17H28O3/c1-2-3-10-13-16(18)14-11-8-6-4-5-7-9-12-15-17(19)20/h6-9,11,14,16,18H,2-5,10,12-13,15H2,1H3,(H,19,20)/b8-6+,9-7+,14-11+. The van der Waals surface area contributed by atoms with E-state index in [1.165, 1.54) is 12.8 Å². The maximum atomic E-state index is 10.3. The lowest BCUT2D eigenvalue weighted by molar-refractivity contribution is -0.136. The number of carboxylic acid groups (broad SMARTS) is 1. The summed E-state index contributed by atoms with van der Waals surface area (Å²) in [4.78, 5) is 10.3. The minimum atomic E-state index is -0.753. The van der Waals surface area contributed by atoms with Crippen molar-refractivity contribution in [1.82, 2.24) is 0 Å². The molecule has 2 N–H and O–H groups in total. The third kappa shape index (κ3) is 14.7. The molecule has 20 heavy (non-hydrogen) atoms. The van der Waals surface area contributed by atoms with E-state index in [1.807, 2.05) is 30.4 Å². The summed E-state index contributed by atoms with van der Waals surface area (Å²) in [7, 11) is 0. The summed E-state index contributed by atoms with van der Waals surface area (Å²) in [6, 6.07) is 0. The molecule has 0 bridgehead atoms. The fourth-order valence-electron chi connectivity index (χ4n) is 1.70. The van der Waals surface area contributed by atoms with Gasteiger partial charge in [-0.1, -0.05) is 62.6 Å². The number of carbonyl (C=O) groups is 1. The smallest absolute Gasteiger partial charge is 0.303 e. The Morgan fingerprint density at radius 1 is 1.05 bits per heavy atom. The Kier molecular flexibility index (Phi) is 13.1. The fraction of sp³-hybridized carbons (Fsp3) is 0.588. The molecular formula is C17H28O3. The molecule has 0 saturated carbocycles. The van der Waals surface area contributed by atoms with Crippen LogP contribution in [0, 0.1) is 0 Å². The molecule has 0 fully saturated rings. The first-order chi connectivity index (χ1) is 9.66. The van der Waals surface area contributed by atoms with E-state index in [9.17, 15) is 9.90 Å². The minimum absolute atomic E-state index is 0.199. The maximum Gasteiger partial charge on any atom is 0.303 e. The Morgan fingerprint density at radius 3 is 2.45 bits per heavy atom. The number of aliphatic hydroxyl groups excluding tert-OH is 1. The van der Waals surface area contributed by atoms with E-state index in [2.05, 4.69) is 13.0 Å². The van der Waals surface area contributed by atoms with E-state index in [4.69, 9.17) is 5.11 Å². The van der Waals surface area contributed by atoms with Gasteiger partial charge in [0.2, 0.25) is 0 Å². The zero-order chi connectivity index (χ0) is 15.1. The number of hydrogen-bond donors (Lipinski definition) is 2. The number of aliphatic carboxylic acids is 1. The molecule has 1 unspecified atom stereocenters. The number of unbranched alkanes of at least 4 members (excludes halogenated alkanes) is 3. The highest BCUT2D eigenvalue weighted by atomic mass is 16.4. The monoisotopic (exact) mass is 280 g/mol. The van der Waals surface area contributed by atoms with Crippen LogP contribution >= 0.6 is 0 Å². The van der Waals surface area contributed by atoms with Crippen LogP contribution in [0.4, 0.5) is 0 Å². The summed E-state index contributed by atoms with van der Waals surface area (Å²) in [6.07, 6.45) is 18.2. The highest BCUT2D eigenvalue weighted by Crippen LogP contribution is 2.04. The van der Waals surface area contributed by atoms with Crippen molar-refractivity contribution in [2.75, 3.05) is 0 Å². The summed E-state index contributed by atoms with van der Waals surface area (Å²) < 4.78 is 0. The zero-order valence-corrected chi connectivity index (χ0v) is 12.5. The Hall–Kier alpha value is -1.35. The van der Waals surface area contributed by atoms with Gasteiger partial charge in [0.05, 0.1) is 6.10 Å². The van der Waals surface area contributed by atoms with Crippen molar-refractivity contribution in [3.63, 3.8) is 0 Å². The Labute approximate surface area is 122 Å². The van der Waals surface area contributed by atoms with Gasteiger partial charge in [-0.3, -0.25) is 4.79 Å². The van der Waals surface area contributed by atoms with Gasteiger partial charge in [0.25, 0.3) is 0 Å². The second-order valence-electron chi connectivity index (χ2n) is 4.86. The van der Waals surface area contributed by atoms with Crippen molar-refractivity contribution < 1.29 is 15.0 Å². The van der Waals surface area contributed by atoms with Crippen molar-refractivity contribution in [2.24, 2.45) is 0 Å². The summed E-state index contributed by atoms with van der Waals surface area (Å²) in [5, 5.41) is 18.1. The Balaban J connectivity index is 3.53. The van der Waals surface area contributed by atoms with E-state index in [0.29, 0.717) is 6.42 Å². The summed E-state index contributed by atoms with van der Waals surface area (Å²) in [6.45, 7) is 2.15. The van der Waals surface area contributed by atoms with E-state index in [1.54, 1.807) is 0 Å². The summed E-state index contributed by atoms with van der Waals surface area (Å²) in [5.74, 6) is -0.753. The first kappa shape index (κ1) is 18.7. The molecule has 0 aliphatic heterocycles. The molecular weight excluding hydrogens is 252 g/mol. The van der Waals surface area contributed by atoms with E-state index < -0.39 is 5.97 Å². The van der Waals surface area contributed by atoms with Crippen molar-refractivity contribution >= 4 is 5.97 Å². The molecule has 0 rings (SSSR count). The van der Waals surface area contributed by atoms with Crippen LogP contribution in [0.3, 0.4) is 0 Å². The maximum absolute atomic E-state index is 10.3. The normalized spacial score (nSPS) is 13.7. The van der Waals surface area contributed by atoms with E-state index in [-0.39, 0.29) is 12.5 Å². The van der Waals surface area contributed by atoms with Gasteiger partial charge < -0.3 is 10.2 Å². The van der Waals surface area contributed by atoms with Crippen LogP contribution in [-0.2, 0) is 4.79 Å². The van der Waals surface area contributed by atoms with Crippen LogP contribution in [-0.4, -0.2) is 22.3 Å². The second-order valence-corrected chi connectivity index (χ2v) is 4.86. The van der Waals surface area contributed by atoms with Gasteiger partial charge in [-0.05, 0) is 25.7 Å². The zero-order valence-electron chi connectivity index (χ0n) is 12.5. The quantitative estimate of drug-likeness (QED) is 0.319. The molecule has 114 valence electrons. The minimum Gasteiger partial charge on any atom is -0.481 e. The first-order valence-electron chi connectivity index (χ1n) is 7.55. The van der Waals surface area contributed by atoms with Gasteiger partial charge in [0.15, 0.2) is 0 Å². The molecule has 0 amide bonds. The molecule has 0 spiro atoms. The lowest BCUT2D eigenvalue weighted by Gasteiger charge is -2.02. The van der Waals surface area contributed by atoms with Gasteiger partial charge in [0, 0.05) is 6.42 Å². The molecule has 0 radical (unpaired) electrons. The van der Waals surface area contributed by atoms with Gasteiger partial charge in [-0.2, -0.15) is 0 Å². The summed E-state index contributed by atoms with van der Waals surface area (Å²) in [5.41, 5.74) is 0. The number of allylic oxidation sites excluding steroid dienone is 5. The number of rotatable bonds is 12. The number of aliphatic hydroxyl groups is 1. The van der Waals surface area contributed by atoms with Crippen LogP contribution in [0.25, 0.3) is 0 Å². The topological polar surface area (TPSA) is 57.5 Å². The number of hydrogen-bond acceptors (Lipinski definition) is 2. The lowest BCUT2D eigenvalue weighted by Crippen LogP contribution is -2.00. The SMILES string of the molecule is CCCCCC(O)/C=C/C=C/CC/C=C/CCC(=O)O. The molecule has 0 aliphatic rings. The van der Waals surface area contributed by atoms with Gasteiger partial charge in [0.1, 0.15) is 0 Å². The average molecular weight is 280 g/mol. The molecule has 0 aromatic rings. The molecule has 0 aromatic heterocycles. The van der Waals surface area contributed by atoms with Gasteiger partial charge in [-0.15, -0.1) is 0 Å². The third-order valence-corrected chi connectivity index (χ3v) is 2.88. The van der Waals surface area contributed by atoms with Crippen molar-refractivity contribution in [3.05, 3.63) is 36.5 Å². The van der Waals surface area contributed by atoms with Crippen LogP contribution in [0.5, 0.6) is 0 Å². The highest BCUT2D eigenvalue weighted by molar-refractivity contribution is 5.66. The second kappa shape index (κ2) is 14.1. The largest absolute Gasteiger partial charge is 0.481 e. The molecule has 3 nitrogen and oxygen atoms in total. The fourth-order valence-corrected chi connectivity index (χ4v) is 1.70. The highest BCUT2D eigenvalue weighted by Gasteiger charge is 1.96. The lowest BCUT2D eigenvalue weighted by atomic mass is 10.1. The van der Waals surface area contributed by atoms with Gasteiger partial charge >= 0.3 is 5.97 Å². The van der Waals surface area contributed by atoms with E-state index >= 15 is 0 Å². The summed E-state index contributed by atoms with van der Waals surface area (Å²) >= 11 is 0. The Bertz CT molecular complexity index is 316.